The third-order valence-electron chi connectivity index (χ3n) is 5.65. The van der Waals surface area contributed by atoms with E-state index in [1.54, 1.807) is 12.0 Å². The van der Waals surface area contributed by atoms with E-state index in [1.165, 1.54) is 5.56 Å². The van der Waals surface area contributed by atoms with Crippen LogP contribution in [0.3, 0.4) is 0 Å². The first-order chi connectivity index (χ1) is 14.5. The van der Waals surface area contributed by atoms with Crippen LogP contribution in [-0.4, -0.2) is 47.9 Å². The molecule has 2 atom stereocenters. The van der Waals surface area contributed by atoms with Gasteiger partial charge in [-0.1, -0.05) is 24.3 Å². The summed E-state index contributed by atoms with van der Waals surface area (Å²) in [5.41, 5.74) is 4.00. The molecule has 156 valence electrons. The second-order valence-corrected chi connectivity index (χ2v) is 7.77. The molecule has 3 aromatic rings. The zero-order valence-electron chi connectivity index (χ0n) is 17.5. The lowest BCUT2D eigenvalue weighted by Gasteiger charge is -2.17. The number of rotatable bonds is 5. The highest BCUT2D eigenvalue weighted by Gasteiger charge is 2.39. The highest BCUT2D eigenvalue weighted by molar-refractivity contribution is 5.89. The summed E-state index contributed by atoms with van der Waals surface area (Å²) in [6, 6.07) is 15.5. The molecular weight excluding hydrogens is 380 g/mol. The molecule has 2 unspecified atom stereocenters. The van der Waals surface area contributed by atoms with Gasteiger partial charge in [-0.3, -0.25) is 0 Å². The van der Waals surface area contributed by atoms with Crippen LogP contribution < -0.4 is 5.32 Å². The van der Waals surface area contributed by atoms with Crippen molar-refractivity contribution in [2.75, 3.05) is 32.1 Å². The average Bonchev–Trinajstić information content (AvgIpc) is 3.39. The van der Waals surface area contributed by atoms with Gasteiger partial charge in [-0.2, -0.15) is 0 Å². The molecule has 7 heteroatoms. The number of likely N-dealkylation sites (tertiary alicyclic amines) is 1. The van der Waals surface area contributed by atoms with Crippen molar-refractivity contribution < 1.29 is 13.9 Å². The fourth-order valence-electron chi connectivity index (χ4n) is 3.80. The molecule has 1 aliphatic heterocycles. The first-order valence-corrected chi connectivity index (χ1v) is 10.1. The van der Waals surface area contributed by atoms with Gasteiger partial charge in [0.1, 0.15) is 0 Å². The molecular formula is C23H26N4O3. The normalized spacial score (nSPS) is 18.6. The van der Waals surface area contributed by atoms with Gasteiger partial charge in [0.2, 0.25) is 11.8 Å². The number of aromatic nitrogens is 2. The number of carbonyl (C=O) groups is 1. The third kappa shape index (κ3) is 4.21. The summed E-state index contributed by atoms with van der Waals surface area (Å²) < 4.78 is 11.4. The van der Waals surface area contributed by atoms with Crippen molar-refractivity contribution in [2.24, 2.45) is 5.92 Å². The molecule has 0 aliphatic carbocycles. The van der Waals surface area contributed by atoms with Gasteiger partial charge in [-0.25, -0.2) is 4.79 Å². The van der Waals surface area contributed by atoms with Crippen LogP contribution >= 0.6 is 0 Å². The fourth-order valence-corrected chi connectivity index (χ4v) is 3.80. The van der Waals surface area contributed by atoms with Gasteiger partial charge in [0.05, 0.1) is 12.5 Å². The van der Waals surface area contributed by atoms with Crippen LogP contribution in [0.5, 0.6) is 0 Å². The summed E-state index contributed by atoms with van der Waals surface area (Å²) in [5.74, 6) is 1.04. The molecule has 0 spiro atoms. The van der Waals surface area contributed by atoms with Crippen molar-refractivity contribution in [1.29, 1.82) is 0 Å². The Morgan fingerprint density at radius 3 is 2.67 bits per heavy atom. The van der Waals surface area contributed by atoms with Crippen LogP contribution in [0.4, 0.5) is 10.5 Å². The maximum atomic E-state index is 12.9. The van der Waals surface area contributed by atoms with Crippen molar-refractivity contribution in [2.45, 2.75) is 19.8 Å². The topological polar surface area (TPSA) is 80.5 Å². The maximum Gasteiger partial charge on any atom is 0.321 e. The predicted octanol–water partition coefficient (Wildman–Crippen LogP) is 4.25. The van der Waals surface area contributed by atoms with Crippen molar-refractivity contribution in [3.63, 3.8) is 0 Å². The van der Waals surface area contributed by atoms with Gasteiger partial charge in [-0.15, -0.1) is 10.2 Å². The molecule has 1 aromatic heterocycles. The van der Waals surface area contributed by atoms with Gasteiger partial charge >= 0.3 is 6.03 Å². The highest BCUT2D eigenvalue weighted by Crippen LogP contribution is 2.34. The standard InChI is InChI=1S/C23H26N4O3/c1-15-9-10-19(11-16(15)2)24-23(28)27-12-18(14-29-3)20(13-27)22-26-25-21(30-22)17-7-5-4-6-8-17/h4-11,18,20H,12-14H2,1-3H3,(H,24,28). The monoisotopic (exact) mass is 406 g/mol. The summed E-state index contributed by atoms with van der Waals surface area (Å²) in [7, 11) is 1.66. The molecule has 1 N–H and O–H groups in total. The number of nitrogens with one attached hydrogen (secondary N) is 1. The van der Waals surface area contributed by atoms with E-state index in [9.17, 15) is 4.79 Å². The first-order valence-electron chi connectivity index (χ1n) is 10.1. The smallest absolute Gasteiger partial charge is 0.321 e. The summed E-state index contributed by atoms with van der Waals surface area (Å²) >= 11 is 0. The van der Waals surface area contributed by atoms with E-state index < -0.39 is 0 Å². The van der Waals surface area contributed by atoms with Gasteiger partial charge in [0, 0.05) is 37.4 Å². The summed E-state index contributed by atoms with van der Waals surface area (Å²) in [6.07, 6.45) is 0. The number of benzene rings is 2. The van der Waals surface area contributed by atoms with E-state index in [0.29, 0.717) is 31.5 Å². The number of amides is 2. The number of urea groups is 1. The van der Waals surface area contributed by atoms with E-state index in [1.807, 2.05) is 55.5 Å². The van der Waals surface area contributed by atoms with Crippen molar-refractivity contribution in [1.82, 2.24) is 15.1 Å². The van der Waals surface area contributed by atoms with Crippen LogP contribution in [0.2, 0.25) is 0 Å². The van der Waals surface area contributed by atoms with Gasteiger partial charge < -0.3 is 19.4 Å². The Morgan fingerprint density at radius 1 is 1.13 bits per heavy atom. The Balaban J connectivity index is 1.49. The van der Waals surface area contributed by atoms with E-state index in [-0.39, 0.29) is 17.9 Å². The maximum absolute atomic E-state index is 12.9. The second-order valence-electron chi connectivity index (χ2n) is 7.77. The molecule has 2 amide bonds. The molecule has 1 saturated heterocycles. The second kappa shape index (κ2) is 8.67. The number of aryl methyl sites for hydroxylation is 2. The quantitative estimate of drug-likeness (QED) is 0.685. The van der Waals surface area contributed by atoms with Crippen molar-refractivity contribution >= 4 is 11.7 Å². The number of methoxy groups -OCH3 is 1. The minimum absolute atomic E-state index is 0.0691. The number of anilines is 1. The Labute approximate surface area is 176 Å². The molecule has 7 nitrogen and oxygen atoms in total. The molecule has 2 aromatic carbocycles. The third-order valence-corrected chi connectivity index (χ3v) is 5.65. The van der Waals surface area contributed by atoms with E-state index in [0.717, 1.165) is 16.8 Å². The number of nitrogens with zero attached hydrogens (tertiary/aromatic N) is 3. The number of hydrogen-bond donors (Lipinski definition) is 1. The Bertz CT molecular complexity index is 1020. The number of ether oxygens (including phenoxy) is 1. The van der Waals surface area contributed by atoms with Crippen LogP contribution in [-0.2, 0) is 4.74 Å². The Kier molecular flexibility index (Phi) is 5.81. The van der Waals surface area contributed by atoms with Crippen LogP contribution in [0.15, 0.2) is 52.9 Å². The van der Waals surface area contributed by atoms with Crippen LogP contribution in [0.1, 0.15) is 22.9 Å². The predicted molar refractivity (Wildman–Crippen MR) is 114 cm³/mol. The van der Waals surface area contributed by atoms with Crippen molar-refractivity contribution in [3.05, 3.63) is 65.5 Å². The Morgan fingerprint density at radius 2 is 1.93 bits per heavy atom. The molecule has 4 rings (SSSR count). The summed E-state index contributed by atoms with van der Waals surface area (Å²) in [6.45, 7) is 5.67. The fraction of sp³-hybridized carbons (Fsp3) is 0.348. The largest absolute Gasteiger partial charge is 0.420 e. The van der Waals surface area contributed by atoms with Crippen LogP contribution in [0.25, 0.3) is 11.5 Å². The zero-order chi connectivity index (χ0) is 21.1. The molecule has 30 heavy (non-hydrogen) atoms. The lowest BCUT2D eigenvalue weighted by atomic mass is 9.97. The van der Waals surface area contributed by atoms with E-state index in [4.69, 9.17) is 9.15 Å². The Hall–Kier alpha value is -3.19. The lowest BCUT2D eigenvalue weighted by Crippen LogP contribution is -2.33. The molecule has 0 radical (unpaired) electrons. The summed E-state index contributed by atoms with van der Waals surface area (Å²) in [4.78, 5) is 14.7. The van der Waals surface area contributed by atoms with Crippen LogP contribution in [0, 0.1) is 19.8 Å². The lowest BCUT2D eigenvalue weighted by molar-refractivity contribution is 0.145. The molecule has 0 bridgehead atoms. The minimum Gasteiger partial charge on any atom is -0.420 e. The molecule has 0 saturated carbocycles. The number of carbonyl (C=O) groups excluding carboxylic acids is 1. The zero-order valence-corrected chi connectivity index (χ0v) is 17.5. The van der Waals surface area contributed by atoms with E-state index in [2.05, 4.69) is 22.4 Å². The average molecular weight is 406 g/mol. The van der Waals surface area contributed by atoms with Crippen molar-refractivity contribution in [3.8, 4) is 11.5 Å². The van der Waals surface area contributed by atoms with E-state index >= 15 is 0 Å². The molecule has 2 heterocycles. The number of hydrogen-bond acceptors (Lipinski definition) is 5. The highest BCUT2D eigenvalue weighted by atomic mass is 16.5. The SMILES string of the molecule is COCC1CN(C(=O)Nc2ccc(C)c(C)c2)CC1c1nnc(-c2ccccc2)o1. The van der Waals surface area contributed by atoms with Gasteiger partial charge in [0.25, 0.3) is 0 Å². The van der Waals surface area contributed by atoms with Gasteiger partial charge in [0.15, 0.2) is 0 Å². The first kappa shape index (κ1) is 20.1. The minimum atomic E-state index is -0.135. The summed E-state index contributed by atoms with van der Waals surface area (Å²) in [5, 5.41) is 11.5. The molecule has 1 aliphatic rings. The van der Waals surface area contributed by atoms with Gasteiger partial charge in [-0.05, 0) is 49.2 Å². The molecule has 1 fully saturated rings.